The second kappa shape index (κ2) is 8.14. The lowest BCUT2D eigenvalue weighted by atomic mass is 10.1. The summed E-state index contributed by atoms with van der Waals surface area (Å²) in [6, 6.07) is 0.976. The van der Waals surface area contributed by atoms with Crippen molar-refractivity contribution in [1.82, 2.24) is 19.5 Å². The summed E-state index contributed by atoms with van der Waals surface area (Å²) >= 11 is 0. The molecule has 130 valence electrons. The number of pyridine rings is 1. The number of hydrogen-bond donors (Lipinski definition) is 1. The van der Waals surface area contributed by atoms with Crippen molar-refractivity contribution < 1.29 is 12.8 Å². The van der Waals surface area contributed by atoms with Gasteiger partial charge in [-0.25, -0.2) is 17.5 Å². The van der Waals surface area contributed by atoms with E-state index in [1.54, 1.807) is 0 Å². The van der Waals surface area contributed by atoms with E-state index in [4.69, 9.17) is 0 Å². The molecule has 0 spiro atoms. The lowest BCUT2D eigenvalue weighted by Gasteiger charge is -2.35. The largest absolute Gasteiger partial charge is 0.301 e. The highest BCUT2D eigenvalue weighted by Crippen LogP contribution is 2.10. The summed E-state index contributed by atoms with van der Waals surface area (Å²) in [6.07, 6.45) is 2.14. The number of rotatable bonds is 7. The van der Waals surface area contributed by atoms with Crippen LogP contribution in [0, 0.1) is 11.7 Å². The summed E-state index contributed by atoms with van der Waals surface area (Å²) < 4.78 is 39.9. The van der Waals surface area contributed by atoms with Crippen LogP contribution in [0.15, 0.2) is 23.4 Å². The molecule has 0 radical (unpaired) electrons. The van der Waals surface area contributed by atoms with Crippen LogP contribution < -0.4 is 4.72 Å². The number of hydrogen-bond acceptors (Lipinski definition) is 5. The van der Waals surface area contributed by atoms with Gasteiger partial charge >= 0.3 is 0 Å². The van der Waals surface area contributed by atoms with Crippen molar-refractivity contribution in [2.24, 2.45) is 5.92 Å². The van der Waals surface area contributed by atoms with Crippen LogP contribution in [0.5, 0.6) is 0 Å². The van der Waals surface area contributed by atoms with Gasteiger partial charge in [-0.1, -0.05) is 13.8 Å². The minimum atomic E-state index is -3.71. The minimum Gasteiger partial charge on any atom is -0.301 e. The van der Waals surface area contributed by atoms with Crippen molar-refractivity contribution in [1.29, 1.82) is 0 Å². The quantitative estimate of drug-likeness (QED) is 0.792. The summed E-state index contributed by atoms with van der Waals surface area (Å²) in [5.41, 5.74) is 0. The van der Waals surface area contributed by atoms with Crippen LogP contribution in [-0.4, -0.2) is 69.0 Å². The van der Waals surface area contributed by atoms with Gasteiger partial charge in [-0.3, -0.25) is 4.98 Å². The Kier molecular flexibility index (Phi) is 6.46. The maximum absolute atomic E-state index is 13.1. The Morgan fingerprint density at radius 3 is 2.52 bits per heavy atom. The molecule has 1 N–H and O–H groups in total. The van der Waals surface area contributed by atoms with E-state index >= 15 is 0 Å². The highest BCUT2D eigenvalue weighted by Gasteiger charge is 2.20. The molecular weight excluding hydrogens is 319 g/mol. The van der Waals surface area contributed by atoms with Gasteiger partial charge in [0.15, 0.2) is 0 Å². The second-order valence-electron chi connectivity index (χ2n) is 6.03. The number of nitrogens with one attached hydrogen (secondary N) is 1. The Labute approximate surface area is 137 Å². The molecule has 0 unspecified atom stereocenters. The lowest BCUT2D eigenvalue weighted by Crippen LogP contribution is -2.48. The van der Waals surface area contributed by atoms with Gasteiger partial charge in [-0.15, -0.1) is 0 Å². The van der Waals surface area contributed by atoms with Crippen LogP contribution in [-0.2, 0) is 10.0 Å². The number of aromatic nitrogens is 1. The summed E-state index contributed by atoms with van der Waals surface area (Å²) in [5.74, 6) is -0.478. The van der Waals surface area contributed by atoms with Crippen molar-refractivity contribution in [3.63, 3.8) is 0 Å². The minimum absolute atomic E-state index is 0.138. The monoisotopic (exact) mass is 344 g/mol. The van der Waals surface area contributed by atoms with Crippen molar-refractivity contribution in [2.45, 2.75) is 18.7 Å². The smallest absolute Gasteiger partial charge is 0.242 e. The van der Waals surface area contributed by atoms with E-state index in [0.29, 0.717) is 6.54 Å². The number of nitrogens with zero attached hydrogens (tertiary/aromatic N) is 3. The van der Waals surface area contributed by atoms with E-state index in [2.05, 4.69) is 26.4 Å². The molecule has 1 saturated heterocycles. The van der Waals surface area contributed by atoms with Gasteiger partial charge in [0.2, 0.25) is 10.0 Å². The molecule has 2 heterocycles. The lowest BCUT2D eigenvalue weighted by molar-refractivity contribution is 0.125. The third-order valence-electron chi connectivity index (χ3n) is 4.09. The number of piperazine rings is 1. The van der Waals surface area contributed by atoms with Gasteiger partial charge in [0.25, 0.3) is 0 Å². The number of sulfonamides is 1. The molecule has 1 aliphatic rings. The molecule has 0 aliphatic carbocycles. The molecule has 0 aromatic carbocycles. The first-order chi connectivity index (χ1) is 10.9. The van der Waals surface area contributed by atoms with Crippen LogP contribution in [0.25, 0.3) is 0 Å². The van der Waals surface area contributed by atoms with Crippen molar-refractivity contribution in [2.75, 3.05) is 45.8 Å². The molecule has 1 atom stereocenters. The van der Waals surface area contributed by atoms with E-state index < -0.39 is 15.8 Å². The van der Waals surface area contributed by atoms with E-state index in [-0.39, 0.29) is 10.8 Å². The Bertz CT molecular complexity index is 603. The Balaban J connectivity index is 1.81. The first-order valence-electron chi connectivity index (χ1n) is 7.95. The predicted molar refractivity (Wildman–Crippen MR) is 87.1 cm³/mol. The van der Waals surface area contributed by atoms with Gasteiger partial charge in [-0.05, 0) is 18.5 Å². The topological polar surface area (TPSA) is 65.5 Å². The summed E-state index contributed by atoms with van der Waals surface area (Å²) in [6.45, 7) is 10.6. The number of likely N-dealkylation sites (N-methyl/N-ethyl adjacent to an activating group) is 1. The fourth-order valence-corrected chi connectivity index (χ4v) is 3.81. The average molecular weight is 344 g/mol. The van der Waals surface area contributed by atoms with Crippen molar-refractivity contribution in [3.05, 3.63) is 24.3 Å². The van der Waals surface area contributed by atoms with Crippen molar-refractivity contribution >= 4 is 10.0 Å². The third kappa shape index (κ3) is 5.49. The molecule has 8 heteroatoms. The molecule has 1 aromatic heterocycles. The zero-order valence-corrected chi connectivity index (χ0v) is 14.5. The fourth-order valence-electron chi connectivity index (χ4n) is 2.67. The average Bonchev–Trinajstić information content (AvgIpc) is 2.54. The van der Waals surface area contributed by atoms with E-state index in [1.165, 1.54) is 0 Å². The molecule has 23 heavy (non-hydrogen) atoms. The van der Waals surface area contributed by atoms with E-state index in [1.807, 2.05) is 6.92 Å². The molecular formula is C15H25FN4O2S. The van der Waals surface area contributed by atoms with E-state index in [9.17, 15) is 12.8 Å². The van der Waals surface area contributed by atoms with Crippen LogP contribution in [0.4, 0.5) is 4.39 Å². The zero-order valence-electron chi connectivity index (χ0n) is 13.7. The Hall–Kier alpha value is -1.09. The van der Waals surface area contributed by atoms with Crippen LogP contribution in [0.3, 0.4) is 0 Å². The highest BCUT2D eigenvalue weighted by molar-refractivity contribution is 7.89. The highest BCUT2D eigenvalue weighted by atomic mass is 32.2. The molecule has 0 amide bonds. The summed E-state index contributed by atoms with van der Waals surface area (Å²) in [5, 5.41) is 0. The van der Waals surface area contributed by atoms with Gasteiger partial charge in [0.1, 0.15) is 10.7 Å². The Morgan fingerprint density at radius 2 is 1.91 bits per heavy atom. The molecule has 6 nitrogen and oxygen atoms in total. The van der Waals surface area contributed by atoms with Gasteiger partial charge in [-0.2, -0.15) is 0 Å². The molecule has 0 saturated carbocycles. The first kappa shape index (κ1) is 18.3. The normalized spacial score (nSPS) is 18.9. The molecule has 1 fully saturated rings. The molecule has 2 rings (SSSR count). The number of halogens is 1. The zero-order chi connectivity index (χ0) is 16.9. The first-order valence-corrected chi connectivity index (χ1v) is 9.44. The second-order valence-corrected chi connectivity index (χ2v) is 7.80. The standard InChI is InChI=1S/C15H25FN4O2S/c1-3-19-4-6-20(7-5-19)12-13(2)9-18-23(21,22)15-8-14(16)10-17-11-15/h8,10-11,13,18H,3-7,9,12H2,1-2H3/t13-/m1/s1. The van der Waals surface area contributed by atoms with Crippen LogP contribution >= 0.6 is 0 Å². The summed E-state index contributed by atoms with van der Waals surface area (Å²) in [4.78, 5) is 8.20. The fraction of sp³-hybridized carbons (Fsp3) is 0.667. The van der Waals surface area contributed by atoms with Crippen LogP contribution in [0.2, 0.25) is 0 Å². The third-order valence-corrected chi connectivity index (χ3v) is 5.48. The van der Waals surface area contributed by atoms with Gasteiger partial charge < -0.3 is 9.80 Å². The van der Waals surface area contributed by atoms with Crippen LogP contribution in [0.1, 0.15) is 13.8 Å². The van der Waals surface area contributed by atoms with Gasteiger partial charge in [0.05, 0.1) is 6.20 Å². The summed E-state index contributed by atoms with van der Waals surface area (Å²) in [7, 11) is -3.71. The molecule has 1 aromatic rings. The van der Waals surface area contributed by atoms with Crippen molar-refractivity contribution in [3.8, 4) is 0 Å². The molecule has 0 bridgehead atoms. The maximum atomic E-state index is 13.1. The maximum Gasteiger partial charge on any atom is 0.242 e. The predicted octanol–water partition coefficient (Wildman–Crippen LogP) is 0.773. The SMILES string of the molecule is CCN1CCN(C[C@H](C)CNS(=O)(=O)c2cncc(F)c2)CC1. The Morgan fingerprint density at radius 1 is 1.26 bits per heavy atom. The van der Waals surface area contributed by atoms with E-state index in [0.717, 1.165) is 57.7 Å². The molecule has 1 aliphatic heterocycles. The van der Waals surface area contributed by atoms with Gasteiger partial charge in [0, 0.05) is 45.5 Å².